The number of nitrogens with zero attached hydrogens (tertiary/aromatic N) is 2. The highest BCUT2D eigenvalue weighted by molar-refractivity contribution is 6.30. The smallest absolute Gasteiger partial charge is 0.0994 e. The molecule has 0 saturated carbocycles. The number of ether oxygens (including phenoxy) is 1. The Kier molecular flexibility index (Phi) is 4.60. The lowest BCUT2D eigenvalue weighted by Crippen LogP contribution is -2.51. The molecular weight excluding hydrogens is 248 g/mol. The number of likely N-dealkylation sites (tertiary alicyclic amines) is 1. The first-order valence-corrected chi connectivity index (χ1v) is 6.54. The van der Waals surface area contributed by atoms with E-state index in [0.717, 1.165) is 43.6 Å². The largest absolute Gasteiger partial charge is 0.379 e. The summed E-state index contributed by atoms with van der Waals surface area (Å²) in [6.07, 6.45) is 2.36. The van der Waals surface area contributed by atoms with Gasteiger partial charge in [0.25, 0.3) is 0 Å². The van der Waals surface area contributed by atoms with Crippen LogP contribution in [0.25, 0.3) is 0 Å². The average Bonchev–Trinajstić information content (AvgIpc) is 2.32. The zero-order valence-electron chi connectivity index (χ0n) is 10.5. The molecule has 0 radical (unpaired) electrons. The molecule has 1 aliphatic heterocycles. The third-order valence-electron chi connectivity index (χ3n) is 3.37. The van der Waals surface area contributed by atoms with Gasteiger partial charge in [0.05, 0.1) is 17.7 Å². The molecule has 0 atom stereocenters. The van der Waals surface area contributed by atoms with Crippen molar-refractivity contribution in [1.82, 2.24) is 4.90 Å². The van der Waals surface area contributed by atoms with E-state index in [9.17, 15) is 0 Å². The molecule has 96 valence electrons. The fraction of sp³-hybridized carbons (Fsp3) is 0.500. The van der Waals surface area contributed by atoms with E-state index < -0.39 is 0 Å². The minimum absolute atomic E-state index is 0.408. The molecule has 1 heterocycles. The van der Waals surface area contributed by atoms with Crippen LogP contribution in [0, 0.1) is 11.3 Å². The van der Waals surface area contributed by atoms with E-state index in [4.69, 9.17) is 21.6 Å². The first-order chi connectivity index (χ1) is 8.72. The first-order valence-electron chi connectivity index (χ1n) is 6.16. The molecule has 0 spiro atoms. The van der Waals surface area contributed by atoms with Crippen molar-refractivity contribution in [2.75, 3.05) is 26.7 Å². The van der Waals surface area contributed by atoms with Crippen LogP contribution in [-0.2, 0) is 11.2 Å². The molecule has 1 fully saturated rings. The van der Waals surface area contributed by atoms with Crippen molar-refractivity contribution in [1.29, 1.82) is 5.26 Å². The molecule has 1 saturated heterocycles. The summed E-state index contributed by atoms with van der Waals surface area (Å²) in [5.74, 6) is 0. The van der Waals surface area contributed by atoms with Crippen LogP contribution in [0.1, 0.15) is 17.5 Å². The number of nitriles is 1. The number of rotatable bonds is 5. The molecular formula is C14H17ClN2O. The van der Waals surface area contributed by atoms with Gasteiger partial charge in [0.15, 0.2) is 0 Å². The highest BCUT2D eigenvalue weighted by Gasteiger charge is 2.25. The van der Waals surface area contributed by atoms with Gasteiger partial charge in [-0.3, -0.25) is 4.90 Å². The van der Waals surface area contributed by atoms with Gasteiger partial charge in [-0.15, -0.1) is 0 Å². The molecule has 1 aromatic carbocycles. The van der Waals surface area contributed by atoms with Gasteiger partial charge in [-0.1, -0.05) is 11.6 Å². The number of hydrogen-bond donors (Lipinski definition) is 0. The molecule has 0 aromatic heterocycles. The lowest BCUT2D eigenvalue weighted by molar-refractivity contribution is -0.0293. The monoisotopic (exact) mass is 264 g/mol. The molecule has 0 unspecified atom stereocenters. The van der Waals surface area contributed by atoms with Crippen molar-refractivity contribution in [3.8, 4) is 6.07 Å². The second-order valence-electron chi connectivity index (χ2n) is 4.63. The van der Waals surface area contributed by atoms with Crippen LogP contribution in [0.3, 0.4) is 0 Å². The zero-order chi connectivity index (χ0) is 13.0. The number of benzene rings is 1. The number of halogens is 1. The van der Waals surface area contributed by atoms with E-state index in [1.54, 1.807) is 19.2 Å². The van der Waals surface area contributed by atoms with Crippen molar-refractivity contribution in [2.45, 2.75) is 18.9 Å². The standard InChI is InChI=1S/C14H17ClN2O/c1-18-14-9-17(10-14)6-2-3-11-7-13(15)5-4-12(11)8-16/h4-5,7,14H,2-3,6,9-10H2,1H3. The average molecular weight is 265 g/mol. The first kappa shape index (κ1) is 13.4. The minimum atomic E-state index is 0.408. The Balaban J connectivity index is 1.80. The number of hydrogen-bond acceptors (Lipinski definition) is 3. The van der Waals surface area contributed by atoms with Gasteiger partial charge in [0.2, 0.25) is 0 Å². The maximum Gasteiger partial charge on any atom is 0.0994 e. The molecule has 1 aliphatic rings. The third-order valence-corrected chi connectivity index (χ3v) is 3.60. The molecule has 0 N–H and O–H groups in total. The third kappa shape index (κ3) is 3.23. The van der Waals surface area contributed by atoms with Crippen LogP contribution in [0.2, 0.25) is 5.02 Å². The van der Waals surface area contributed by atoms with Gasteiger partial charge < -0.3 is 4.74 Å². The lowest BCUT2D eigenvalue weighted by Gasteiger charge is -2.38. The molecule has 0 aliphatic carbocycles. The summed E-state index contributed by atoms with van der Waals surface area (Å²) in [6, 6.07) is 7.67. The predicted molar refractivity (Wildman–Crippen MR) is 71.7 cm³/mol. The second kappa shape index (κ2) is 6.19. The minimum Gasteiger partial charge on any atom is -0.379 e. The van der Waals surface area contributed by atoms with Gasteiger partial charge in [-0.05, 0) is 43.1 Å². The number of methoxy groups -OCH3 is 1. The highest BCUT2D eigenvalue weighted by atomic mass is 35.5. The molecule has 4 heteroatoms. The summed E-state index contributed by atoms with van der Waals surface area (Å²) >= 11 is 5.96. The van der Waals surface area contributed by atoms with Crippen LogP contribution in [0.4, 0.5) is 0 Å². The van der Waals surface area contributed by atoms with Gasteiger partial charge >= 0.3 is 0 Å². The van der Waals surface area contributed by atoms with Crippen molar-refractivity contribution >= 4 is 11.6 Å². The Hall–Kier alpha value is -1.08. The van der Waals surface area contributed by atoms with Crippen molar-refractivity contribution < 1.29 is 4.74 Å². The fourth-order valence-electron chi connectivity index (χ4n) is 2.23. The highest BCUT2D eigenvalue weighted by Crippen LogP contribution is 2.18. The van der Waals surface area contributed by atoms with Crippen molar-refractivity contribution in [3.63, 3.8) is 0 Å². The van der Waals surface area contributed by atoms with E-state index in [0.29, 0.717) is 11.1 Å². The summed E-state index contributed by atoms with van der Waals surface area (Å²) in [5, 5.41) is 9.72. The van der Waals surface area contributed by atoms with Crippen LogP contribution >= 0.6 is 11.6 Å². The van der Waals surface area contributed by atoms with E-state index in [-0.39, 0.29) is 0 Å². The van der Waals surface area contributed by atoms with E-state index >= 15 is 0 Å². The van der Waals surface area contributed by atoms with Gasteiger partial charge in [0.1, 0.15) is 0 Å². The summed E-state index contributed by atoms with van der Waals surface area (Å²) in [4.78, 5) is 2.37. The maximum atomic E-state index is 9.02. The molecule has 0 amide bonds. The van der Waals surface area contributed by atoms with Gasteiger partial charge in [-0.25, -0.2) is 0 Å². The summed E-state index contributed by atoms with van der Waals surface area (Å²) in [7, 11) is 1.76. The van der Waals surface area contributed by atoms with Crippen LogP contribution in [0.5, 0.6) is 0 Å². The molecule has 0 bridgehead atoms. The number of aryl methyl sites for hydroxylation is 1. The van der Waals surface area contributed by atoms with Crippen molar-refractivity contribution in [2.24, 2.45) is 0 Å². The quantitative estimate of drug-likeness (QED) is 0.820. The Morgan fingerprint density at radius 1 is 1.50 bits per heavy atom. The summed E-state index contributed by atoms with van der Waals surface area (Å²) in [6.45, 7) is 3.10. The van der Waals surface area contributed by atoms with E-state index in [2.05, 4.69) is 11.0 Å². The Labute approximate surface area is 113 Å². The fourth-order valence-corrected chi connectivity index (χ4v) is 2.42. The lowest BCUT2D eigenvalue weighted by atomic mass is 10.0. The zero-order valence-corrected chi connectivity index (χ0v) is 11.3. The van der Waals surface area contributed by atoms with Gasteiger partial charge in [0, 0.05) is 25.2 Å². The summed E-state index contributed by atoms with van der Waals surface area (Å²) in [5.41, 5.74) is 1.78. The van der Waals surface area contributed by atoms with Crippen LogP contribution in [0.15, 0.2) is 18.2 Å². The molecule has 1 aromatic rings. The molecule has 3 nitrogen and oxygen atoms in total. The molecule has 18 heavy (non-hydrogen) atoms. The normalized spacial score (nSPS) is 16.3. The van der Waals surface area contributed by atoms with E-state index in [1.165, 1.54) is 0 Å². The van der Waals surface area contributed by atoms with E-state index in [1.807, 2.05) is 6.07 Å². The van der Waals surface area contributed by atoms with Crippen LogP contribution in [-0.4, -0.2) is 37.7 Å². The van der Waals surface area contributed by atoms with Crippen molar-refractivity contribution in [3.05, 3.63) is 34.3 Å². The Morgan fingerprint density at radius 2 is 2.28 bits per heavy atom. The topological polar surface area (TPSA) is 36.3 Å². The molecule has 2 rings (SSSR count). The predicted octanol–water partition coefficient (Wildman–Crippen LogP) is 2.47. The second-order valence-corrected chi connectivity index (χ2v) is 5.07. The van der Waals surface area contributed by atoms with Gasteiger partial charge in [-0.2, -0.15) is 5.26 Å². The summed E-state index contributed by atoms with van der Waals surface area (Å²) < 4.78 is 5.23. The maximum absolute atomic E-state index is 9.02. The Bertz CT molecular complexity index is 450. The SMILES string of the molecule is COC1CN(CCCc2cc(Cl)ccc2C#N)C1. The van der Waals surface area contributed by atoms with Crippen LogP contribution < -0.4 is 0 Å². The Morgan fingerprint density at radius 3 is 2.94 bits per heavy atom.